The number of fused-ring (bicyclic) bond motifs is 1. The quantitative estimate of drug-likeness (QED) is 0.714. The summed E-state index contributed by atoms with van der Waals surface area (Å²) in [5.74, 6) is -1.17. The van der Waals surface area contributed by atoms with E-state index in [9.17, 15) is 14.0 Å². The zero-order valence-corrected chi connectivity index (χ0v) is 12.3. The monoisotopic (exact) mass is 349 g/mol. The van der Waals surface area contributed by atoms with Crippen LogP contribution in [-0.4, -0.2) is 4.57 Å². The molecule has 0 spiro atoms. The van der Waals surface area contributed by atoms with Gasteiger partial charge in [-0.3, -0.25) is 4.57 Å². The highest BCUT2D eigenvalue weighted by Crippen LogP contribution is 2.17. The topological polar surface area (TPSA) is 52.2 Å². The Morgan fingerprint density at radius 1 is 1.14 bits per heavy atom. The fourth-order valence-electron chi connectivity index (χ4n) is 2.20. The lowest BCUT2D eigenvalue weighted by atomic mass is 10.2. The number of nitrogens with zero attached hydrogens (tertiary/aromatic N) is 1. The summed E-state index contributed by atoms with van der Waals surface area (Å²) in [6.07, 6.45) is 0. The SMILES string of the molecule is O=c1oc(=O)n(Cc2cc(F)cc(Br)c2)c2ccccc12. The van der Waals surface area contributed by atoms with Crippen LogP contribution in [0.3, 0.4) is 0 Å². The Hall–Kier alpha value is -2.21. The van der Waals surface area contributed by atoms with Crippen LogP contribution >= 0.6 is 15.9 Å². The van der Waals surface area contributed by atoms with Crippen LogP contribution in [-0.2, 0) is 6.54 Å². The second-order valence-corrected chi connectivity index (χ2v) is 5.45. The Bertz CT molecular complexity index is 925. The first-order valence-corrected chi connectivity index (χ1v) is 6.91. The summed E-state index contributed by atoms with van der Waals surface area (Å²) >= 11 is 3.21. The second kappa shape index (κ2) is 5.29. The number of para-hydroxylation sites is 1. The van der Waals surface area contributed by atoms with Gasteiger partial charge >= 0.3 is 11.4 Å². The van der Waals surface area contributed by atoms with Crippen molar-refractivity contribution < 1.29 is 8.81 Å². The van der Waals surface area contributed by atoms with Gasteiger partial charge in [-0.05, 0) is 35.9 Å². The van der Waals surface area contributed by atoms with Crippen molar-refractivity contribution in [2.75, 3.05) is 0 Å². The lowest BCUT2D eigenvalue weighted by molar-refractivity contribution is 0.424. The number of aromatic nitrogens is 1. The van der Waals surface area contributed by atoms with E-state index < -0.39 is 17.2 Å². The molecular weight excluding hydrogens is 341 g/mol. The molecule has 0 radical (unpaired) electrons. The first-order chi connectivity index (χ1) is 10.0. The van der Waals surface area contributed by atoms with Crippen molar-refractivity contribution in [3.8, 4) is 0 Å². The Morgan fingerprint density at radius 2 is 1.90 bits per heavy atom. The van der Waals surface area contributed by atoms with Gasteiger partial charge in [0.25, 0.3) is 0 Å². The summed E-state index contributed by atoms with van der Waals surface area (Å²) in [6.45, 7) is 0.111. The maximum atomic E-state index is 13.4. The van der Waals surface area contributed by atoms with Crippen LogP contribution < -0.4 is 11.4 Å². The Morgan fingerprint density at radius 3 is 2.67 bits per heavy atom. The number of rotatable bonds is 2. The van der Waals surface area contributed by atoms with Crippen molar-refractivity contribution in [3.63, 3.8) is 0 Å². The lowest BCUT2D eigenvalue weighted by Crippen LogP contribution is -2.25. The van der Waals surface area contributed by atoms with E-state index in [0.29, 0.717) is 20.9 Å². The van der Waals surface area contributed by atoms with Crippen LogP contribution in [0.2, 0.25) is 0 Å². The van der Waals surface area contributed by atoms with E-state index in [1.54, 1.807) is 30.3 Å². The molecule has 0 aliphatic heterocycles. The Kier molecular flexibility index (Phi) is 3.47. The van der Waals surface area contributed by atoms with Gasteiger partial charge in [-0.2, -0.15) is 0 Å². The maximum Gasteiger partial charge on any atom is 0.422 e. The van der Waals surface area contributed by atoms with E-state index >= 15 is 0 Å². The van der Waals surface area contributed by atoms with Crippen LogP contribution in [0.15, 0.2) is 60.9 Å². The minimum absolute atomic E-state index is 0.111. The van der Waals surface area contributed by atoms with Crippen LogP contribution in [0.25, 0.3) is 10.9 Å². The number of benzene rings is 2. The van der Waals surface area contributed by atoms with Crippen molar-refractivity contribution >= 4 is 26.8 Å². The van der Waals surface area contributed by atoms with Gasteiger partial charge in [0.2, 0.25) is 0 Å². The predicted octanol–water partition coefficient (Wildman–Crippen LogP) is 2.90. The average Bonchev–Trinajstić information content (AvgIpc) is 2.42. The number of hydrogen-bond acceptors (Lipinski definition) is 3. The normalized spacial score (nSPS) is 11.0. The molecule has 0 N–H and O–H groups in total. The van der Waals surface area contributed by atoms with E-state index in [1.165, 1.54) is 16.7 Å². The van der Waals surface area contributed by atoms with Crippen molar-refractivity contribution in [2.24, 2.45) is 0 Å². The summed E-state index contributed by atoms with van der Waals surface area (Å²) in [5, 5.41) is 0.313. The van der Waals surface area contributed by atoms with Gasteiger partial charge in [0.1, 0.15) is 5.82 Å². The van der Waals surface area contributed by atoms with E-state index in [2.05, 4.69) is 15.9 Å². The zero-order chi connectivity index (χ0) is 15.0. The molecule has 0 aliphatic carbocycles. The fourth-order valence-corrected chi connectivity index (χ4v) is 2.72. The van der Waals surface area contributed by atoms with Crippen molar-refractivity contribution in [1.29, 1.82) is 0 Å². The van der Waals surface area contributed by atoms with Crippen LogP contribution in [0.5, 0.6) is 0 Å². The van der Waals surface area contributed by atoms with Crippen molar-refractivity contribution in [2.45, 2.75) is 6.54 Å². The van der Waals surface area contributed by atoms with E-state index in [1.807, 2.05) is 0 Å². The lowest BCUT2D eigenvalue weighted by Gasteiger charge is -2.09. The number of halogens is 2. The summed E-state index contributed by atoms with van der Waals surface area (Å²) in [5.41, 5.74) is 0.370. The fraction of sp³-hybridized carbons (Fsp3) is 0.0667. The molecule has 0 bridgehead atoms. The van der Waals surface area contributed by atoms with E-state index in [0.717, 1.165) is 0 Å². The Balaban J connectivity index is 2.21. The minimum Gasteiger partial charge on any atom is -0.372 e. The number of hydrogen-bond donors (Lipinski definition) is 0. The largest absolute Gasteiger partial charge is 0.422 e. The van der Waals surface area contributed by atoms with Gasteiger partial charge in [-0.15, -0.1) is 0 Å². The van der Waals surface area contributed by atoms with Crippen LogP contribution in [0, 0.1) is 5.82 Å². The second-order valence-electron chi connectivity index (χ2n) is 4.54. The highest BCUT2D eigenvalue weighted by Gasteiger charge is 2.10. The first kappa shape index (κ1) is 13.8. The molecule has 21 heavy (non-hydrogen) atoms. The first-order valence-electron chi connectivity index (χ1n) is 6.12. The standard InChI is InChI=1S/C15H9BrFNO3/c16-10-5-9(6-11(17)7-10)8-18-13-4-2-1-3-12(13)14(19)21-15(18)20/h1-7H,8H2. The van der Waals surface area contributed by atoms with Crippen molar-refractivity contribution in [1.82, 2.24) is 4.57 Å². The molecule has 106 valence electrons. The molecule has 3 aromatic rings. The molecular formula is C15H9BrFNO3. The molecule has 6 heteroatoms. The molecule has 0 saturated heterocycles. The van der Waals surface area contributed by atoms with E-state index in [-0.39, 0.29) is 6.54 Å². The van der Waals surface area contributed by atoms with Crippen LogP contribution in [0.4, 0.5) is 4.39 Å². The van der Waals surface area contributed by atoms with Crippen LogP contribution in [0.1, 0.15) is 5.56 Å². The Labute approximate surface area is 126 Å². The molecule has 0 atom stereocenters. The molecule has 0 aliphatic rings. The summed E-state index contributed by atoms with van der Waals surface area (Å²) in [4.78, 5) is 23.6. The molecule has 1 aromatic heterocycles. The highest BCUT2D eigenvalue weighted by atomic mass is 79.9. The predicted molar refractivity (Wildman–Crippen MR) is 79.9 cm³/mol. The molecule has 2 aromatic carbocycles. The average molecular weight is 350 g/mol. The third-order valence-electron chi connectivity index (χ3n) is 3.08. The van der Waals surface area contributed by atoms with Gasteiger partial charge in [-0.1, -0.05) is 28.1 Å². The van der Waals surface area contributed by atoms with Gasteiger partial charge in [0, 0.05) is 4.47 Å². The molecule has 0 amide bonds. The van der Waals surface area contributed by atoms with E-state index in [4.69, 9.17) is 4.42 Å². The summed E-state index contributed by atoms with van der Waals surface area (Å²) in [6, 6.07) is 11.0. The highest BCUT2D eigenvalue weighted by molar-refractivity contribution is 9.10. The smallest absolute Gasteiger partial charge is 0.372 e. The van der Waals surface area contributed by atoms with Gasteiger partial charge in [-0.25, -0.2) is 14.0 Å². The third kappa shape index (κ3) is 2.67. The maximum absolute atomic E-state index is 13.4. The van der Waals surface area contributed by atoms with Gasteiger partial charge < -0.3 is 4.42 Å². The molecule has 0 saturated carbocycles. The molecule has 0 unspecified atom stereocenters. The molecule has 1 heterocycles. The summed E-state index contributed by atoms with van der Waals surface area (Å²) in [7, 11) is 0. The third-order valence-corrected chi connectivity index (χ3v) is 3.54. The summed E-state index contributed by atoms with van der Waals surface area (Å²) < 4.78 is 20.0. The zero-order valence-electron chi connectivity index (χ0n) is 10.7. The molecule has 0 fully saturated rings. The van der Waals surface area contributed by atoms with Crippen molar-refractivity contribution in [3.05, 3.63) is 79.3 Å². The minimum atomic E-state index is -0.765. The van der Waals surface area contributed by atoms with Gasteiger partial charge in [0.05, 0.1) is 17.4 Å². The molecule has 4 nitrogen and oxygen atoms in total. The van der Waals surface area contributed by atoms with Gasteiger partial charge in [0.15, 0.2) is 0 Å². The molecule has 3 rings (SSSR count).